The van der Waals surface area contributed by atoms with Gasteiger partial charge in [-0.3, -0.25) is 4.79 Å². The number of anilines is 2. The van der Waals surface area contributed by atoms with Gasteiger partial charge in [0.1, 0.15) is 11.5 Å². The summed E-state index contributed by atoms with van der Waals surface area (Å²) in [4.78, 5) is 21.2. The average Bonchev–Trinajstić information content (AvgIpc) is 2.91. The van der Waals surface area contributed by atoms with Gasteiger partial charge in [-0.15, -0.1) is 0 Å². The third kappa shape index (κ3) is 2.81. The van der Waals surface area contributed by atoms with E-state index in [-0.39, 0.29) is 5.91 Å². The molecule has 2 aromatic rings. The van der Waals surface area contributed by atoms with Crippen molar-refractivity contribution in [3.8, 4) is 0 Å². The molecule has 0 aliphatic carbocycles. The molecule has 4 heteroatoms. The summed E-state index contributed by atoms with van der Waals surface area (Å²) >= 11 is 0. The van der Waals surface area contributed by atoms with Gasteiger partial charge in [0.05, 0.1) is 0 Å². The highest BCUT2D eigenvalue weighted by Gasteiger charge is 2.28. The first-order valence-corrected chi connectivity index (χ1v) is 8.29. The standard InChI is InChI=1S/C19H23N3O/c1-4-21(5-2)19(23)16-10-8-12-18(20-16)22-14(3)13-15-9-6-7-11-17(15)22/h6-12,14H,4-5,13H2,1-3H3. The number of benzene rings is 1. The van der Waals surface area contributed by atoms with Crippen molar-refractivity contribution in [1.29, 1.82) is 0 Å². The van der Waals surface area contributed by atoms with Crippen LogP contribution in [0.4, 0.5) is 11.5 Å². The van der Waals surface area contributed by atoms with E-state index in [9.17, 15) is 4.79 Å². The molecule has 0 saturated carbocycles. The summed E-state index contributed by atoms with van der Waals surface area (Å²) in [6, 6.07) is 14.5. The first-order valence-electron chi connectivity index (χ1n) is 8.29. The van der Waals surface area contributed by atoms with Crippen LogP contribution in [0, 0.1) is 0 Å². The lowest BCUT2D eigenvalue weighted by Gasteiger charge is -2.25. The number of hydrogen-bond donors (Lipinski definition) is 0. The quantitative estimate of drug-likeness (QED) is 0.865. The van der Waals surface area contributed by atoms with Gasteiger partial charge in [-0.2, -0.15) is 0 Å². The number of para-hydroxylation sites is 1. The molecule has 0 N–H and O–H groups in total. The third-order valence-electron chi connectivity index (χ3n) is 4.46. The second-order valence-electron chi connectivity index (χ2n) is 5.91. The number of carbonyl (C=O) groups is 1. The van der Waals surface area contributed by atoms with Gasteiger partial charge < -0.3 is 9.80 Å². The highest BCUT2D eigenvalue weighted by molar-refractivity contribution is 5.92. The fourth-order valence-electron chi connectivity index (χ4n) is 3.26. The number of carbonyl (C=O) groups excluding carboxylic acids is 1. The topological polar surface area (TPSA) is 36.4 Å². The summed E-state index contributed by atoms with van der Waals surface area (Å²) in [6.45, 7) is 7.57. The molecule has 23 heavy (non-hydrogen) atoms. The van der Waals surface area contributed by atoms with Crippen LogP contribution in [0.2, 0.25) is 0 Å². The highest BCUT2D eigenvalue weighted by Crippen LogP contribution is 2.37. The van der Waals surface area contributed by atoms with Crippen molar-refractivity contribution in [2.75, 3.05) is 18.0 Å². The number of rotatable bonds is 4. The van der Waals surface area contributed by atoms with Gasteiger partial charge in [0.2, 0.25) is 0 Å². The van der Waals surface area contributed by atoms with E-state index >= 15 is 0 Å². The van der Waals surface area contributed by atoms with Crippen molar-refractivity contribution in [3.05, 3.63) is 53.7 Å². The van der Waals surface area contributed by atoms with E-state index < -0.39 is 0 Å². The molecule has 1 unspecified atom stereocenters. The first kappa shape index (κ1) is 15.5. The van der Waals surface area contributed by atoms with Crippen LogP contribution in [-0.2, 0) is 6.42 Å². The van der Waals surface area contributed by atoms with Crippen LogP contribution in [0.5, 0.6) is 0 Å². The van der Waals surface area contributed by atoms with Crippen LogP contribution < -0.4 is 4.90 Å². The van der Waals surface area contributed by atoms with Gasteiger partial charge in [0.15, 0.2) is 0 Å². The van der Waals surface area contributed by atoms with Gasteiger partial charge in [-0.05, 0) is 51.0 Å². The van der Waals surface area contributed by atoms with E-state index in [1.807, 2.05) is 26.0 Å². The lowest BCUT2D eigenvalue weighted by Crippen LogP contribution is -2.32. The Morgan fingerprint density at radius 2 is 1.91 bits per heavy atom. The fraction of sp³-hybridized carbons (Fsp3) is 0.368. The Labute approximate surface area is 137 Å². The van der Waals surface area contributed by atoms with Crippen molar-refractivity contribution in [3.63, 3.8) is 0 Å². The van der Waals surface area contributed by atoms with E-state index in [2.05, 4.69) is 41.1 Å². The number of nitrogens with zero attached hydrogens (tertiary/aromatic N) is 3. The summed E-state index contributed by atoms with van der Waals surface area (Å²) in [5.41, 5.74) is 3.05. The smallest absolute Gasteiger partial charge is 0.272 e. The number of fused-ring (bicyclic) bond motifs is 1. The molecule has 0 fully saturated rings. The molecule has 4 nitrogen and oxygen atoms in total. The van der Waals surface area contributed by atoms with E-state index in [1.165, 1.54) is 11.3 Å². The predicted molar refractivity (Wildman–Crippen MR) is 93.2 cm³/mol. The van der Waals surface area contributed by atoms with Crippen LogP contribution in [0.3, 0.4) is 0 Å². The molecular formula is C19H23N3O. The Balaban J connectivity index is 1.96. The molecule has 1 aromatic carbocycles. The van der Waals surface area contributed by atoms with Gasteiger partial charge in [0.25, 0.3) is 5.91 Å². The van der Waals surface area contributed by atoms with Crippen molar-refractivity contribution in [1.82, 2.24) is 9.88 Å². The Bertz CT molecular complexity index is 709. The normalized spacial score (nSPS) is 16.3. The minimum atomic E-state index is -0.00279. The third-order valence-corrected chi connectivity index (χ3v) is 4.46. The van der Waals surface area contributed by atoms with Crippen LogP contribution in [0.15, 0.2) is 42.5 Å². The average molecular weight is 309 g/mol. The molecule has 0 radical (unpaired) electrons. The summed E-state index contributed by atoms with van der Waals surface area (Å²) in [5, 5.41) is 0. The molecule has 1 aliphatic heterocycles. The summed E-state index contributed by atoms with van der Waals surface area (Å²) in [5.74, 6) is 0.845. The monoisotopic (exact) mass is 309 g/mol. The maximum absolute atomic E-state index is 12.5. The number of pyridine rings is 1. The van der Waals surface area contributed by atoms with Gasteiger partial charge in [-0.1, -0.05) is 24.3 Å². The van der Waals surface area contributed by atoms with Crippen molar-refractivity contribution < 1.29 is 4.79 Å². The second-order valence-corrected chi connectivity index (χ2v) is 5.91. The number of aromatic nitrogens is 1. The Morgan fingerprint density at radius 1 is 1.17 bits per heavy atom. The lowest BCUT2D eigenvalue weighted by atomic mass is 10.1. The van der Waals surface area contributed by atoms with Crippen molar-refractivity contribution in [2.45, 2.75) is 33.2 Å². The summed E-state index contributed by atoms with van der Waals surface area (Å²) < 4.78 is 0. The second kappa shape index (κ2) is 6.41. The molecule has 1 amide bonds. The number of amides is 1. The molecule has 0 spiro atoms. The maximum atomic E-state index is 12.5. The van der Waals surface area contributed by atoms with Crippen LogP contribution in [0.25, 0.3) is 0 Å². The van der Waals surface area contributed by atoms with E-state index in [4.69, 9.17) is 0 Å². The predicted octanol–water partition coefficient (Wildman–Crippen LogP) is 3.65. The first-order chi connectivity index (χ1) is 11.2. The lowest BCUT2D eigenvalue weighted by molar-refractivity contribution is 0.0767. The van der Waals surface area contributed by atoms with Crippen LogP contribution in [-0.4, -0.2) is 34.9 Å². The highest BCUT2D eigenvalue weighted by atomic mass is 16.2. The molecule has 1 aromatic heterocycles. The SMILES string of the molecule is CCN(CC)C(=O)c1cccc(N2c3ccccc3CC2C)n1. The molecule has 1 atom stereocenters. The summed E-state index contributed by atoms with van der Waals surface area (Å²) in [7, 11) is 0. The van der Waals surface area contributed by atoms with E-state index in [0.29, 0.717) is 24.8 Å². The molecule has 120 valence electrons. The van der Waals surface area contributed by atoms with Gasteiger partial charge in [-0.25, -0.2) is 4.98 Å². The molecule has 0 saturated heterocycles. The Morgan fingerprint density at radius 3 is 2.65 bits per heavy atom. The van der Waals surface area contributed by atoms with Crippen LogP contribution in [0.1, 0.15) is 36.8 Å². The maximum Gasteiger partial charge on any atom is 0.272 e. The minimum absolute atomic E-state index is 0.00279. The van der Waals surface area contributed by atoms with Gasteiger partial charge >= 0.3 is 0 Å². The van der Waals surface area contributed by atoms with E-state index in [0.717, 1.165) is 12.2 Å². The molecule has 1 aliphatic rings. The zero-order chi connectivity index (χ0) is 16.4. The van der Waals surface area contributed by atoms with Gasteiger partial charge in [0, 0.05) is 24.8 Å². The summed E-state index contributed by atoms with van der Waals surface area (Å²) in [6.07, 6.45) is 1.01. The van der Waals surface area contributed by atoms with Crippen molar-refractivity contribution >= 4 is 17.4 Å². The number of hydrogen-bond acceptors (Lipinski definition) is 3. The van der Waals surface area contributed by atoms with Crippen LogP contribution >= 0.6 is 0 Å². The zero-order valence-electron chi connectivity index (χ0n) is 14.0. The largest absolute Gasteiger partial charge is 0.338 e. The minimum Gasteiger partial charge on any atom is -0.338 e. The molecule has 2 heterocycles. The van der Waals surface area contributed by atoms with Crippen molar-refractivity contribution in [2.24, 2.45) is 0 Å². The zero-order valence-corrected chi connectivity index (χ0v) is 14.0. The molecular weight excluding hydrogens is 286 g/mol. The fourth-order valence-corrected chi connectivity index (χ4v) is 3.26. The van der Waals surface area contributed by atoms with E-state index in [1.54, 1.807) is 11.0 Å². The Hall–Kier alpha value is -2.36. The molecule has 0 bridgehead atoms. The Kier molecular flexibility index (Phi) is 4.33. The molecule has 3 rings (SSSR count).